The highest BCUT2D eigenvalue weighted by atomic mass is 35.5. The molecule has 3 rings (SSSR count). The minimum atomic E-state index is 0. The van der Waals surface area contributed by atoms with Gasteiger partial charge in [-0.25, -0.2) is 0 Å². The van der Waals surface area contributed by atoms with Crippen molar-refractivity contribution >= 4 is 18.3 Å². The average molecular weight is 395 g/mol. The molecule has 1 aliphatic rings. The number of piperidine rings is 1. The van der Waals surface area contributed by atoms with Gasteiger partial charge in [-0.15, -0.1) is 12.4 Å². The summed E-state index contributed by atoms with van der Waals surface area (Å²) < 4.78 is 10.4. The topological polar surface area (TPSA) is 89.3 Å². The van der Waals surface area contributed by atoms with E-state index < -0.39 is 0 Å². The van der Waals surface area contributed by atoms with Crippen molar-refractivity contribution in [3.63, 3.8) is 0 Å². The number of rotatable bonds is 7. The minimum absolute atomic E-state index is 0. The van der Waals surface area contributed by atoms with E-state index in [1.165, 1.54) is 0 Å². The van der Waals surface area contributed by atoms with Gasteiger partial charge in [0.2, 0.25) is 17.6 Å². The molecule has 2 N–H and O–H groups in total. The van der Waals surface area contributed by atoms with Crippen LogP contribution in [0.2, 0.25) is 0 Å². The van der Waals surface area contributed by atoms with E-state index in [0.717, 1.165) is 30.7 Å². The summed E-state index contributed by atoms with van der Waals surface area (Å²) in [6.07, 6.45) is 3.88. The molecular weight excluding hydrogens is 368 g/mol. The second kappa shape index (κ2) is 10.3. The minimum Gasteiger partial charge on any atom is -0.497 e. The van der Waals surface area contributed by atoms with Crippen LogP contribution >= 0.6 is 12.4 Å². The summed E-state index contributed by atoms with van der Waals surface area (Å²) in [6, 6.07) is 8.05. The maximum atomic E-state index is 12.1. The summed E-state index contributed by atoms with van der Waals surface area (Å²) in [5.74, 6) is 1.97. The lowest BCUT2D eigenvalue weighted by atomic mass is 9.99. The van der Waals surface area contributed by atoms with Crippen LogP contribution in [-0.4, -0.2) is 41.8 Å². The van der Waals surface area contributed by atoms with Gasteiger partial charge in [-0.2, -0.15) is 4.98 Å². The fourth-order valence-corrected chi connectivity index (χ4v) is 3.13. The van der Waals surface area contributed by atoms with E-state index in [-0.39, 0.29) is 24.4 Å². The Hall–Kier alpha value is -2.12. The molecule has 0 bridgehead atoms. The molecule has 7 nitrogen and oxygen atoms in total. The third-order valence-corrected chi connectivity index (χ3v) is 4.72. The normalized spacial score (nSPS) is 19.2. The van der Waals surface area contributed by atoms with Gasteiger partial charge in [0.15, 0.2) is 0 Å². The first-order valence-electron chi connectivity index (χ1n) is 9.15. The zero-order valence-corrected chi connectivity index (χ0v) is 16.6. The number of hydrogen-bond donors (Lipinski definition) is 2. The van der Waals surface area contributed by atoms with Crippen molar-refractivity contribution in [3.8, 4) is 17.1 Å². The van der Waals surface area contributed by atoms with Crippen LogP contribution in [0.25, 0.3) is 11.4 Å². The maximum Gasteiger partial charge on any atom is 0.226 e. The first-order chi connectivity index (χ1) is 12.7. The molecule has 1 aliphatic heterocycles. The summed E-state index contributed by atoms with van der Waals surface area (Å²) in [5, 5.41) is 10.5. The highest BCUT2D eigenvalue weighted by Crippen LogP contribution is 2.20. The van der Waals surface area contributed by atoms with Crippen molar-refractivity contribution in [2.75, 3.05) is 13.7 Å². The lowest BCUT2D eigenvalue weighted by Crippen LogP contribution is -2.51. The van der Waals surface area contributed by atoms with Gasteiger partial charge >= 0.3 is 0 Å². The number of carbonyl (C=O) groups excluding carboxylic acids is 1. The molecule has 1 saturated heterocycles. The molecular formula is C19H27ClN4O3. The molecule has 27 heavy (non-hydrogen) atoms. The van der Waals surface area contributed by atoms with E-state index in [9.17, 15) is 4.79 Å². The Bertz CT molecular complexity index is 720. The Morgan fingerprint density at radius 2 is 2.15 bits per heavy atom. The van der Waals surface area contributed by atoms with Gasteiger partial charge in [0, 0.05) is 30.5 Å². The molecule has 148 valence electrons. The second-order valence-electron chi connectivity index (χ2n) is 6.65. The Morgan fingerprint density at radius 3 is 2.85 bits per heavy atom. The maximum absolute atomic E-state index is 12.1. The first-order valence-corrected chi connectivity index (χ1v) is 9.15. The van der Waals surface area contributed by atoms with Crippen LogP contribution in [0.3, 0.4) is 0 Å². The predicted octanol–water partition coefficient (Wildman–Crippen LogP) is 2.75. The van der Waals surface area contributed by atoms with E-state index in [1.807, 2.05) is 24.3 Å². The summed E-state index contributed by atoms with van der Waals surface area (Å²) in [4.78, 5) is 16.5. The van der Waals surface area contributed by atoms with Gasteiger partial charge in [0.05, 0.1) is 7.11 Å². The SMILES string of the molecule is COc1ccc(-c2noc(CCCC(=O)NC3CCCNC3C)n2)cc1.Cl. The molecule has 1 aromatic heterocycles. The molecule has 0 aliphatic carbocycles. The molecule has 0 spiro atoms. The standard InChI is InChI=1S/C19H26N4O3.ClH/c1-13-16(5-4-12-20-13)21-17(24)6-3-7-18-22-19(23-26-18)14-8-10-15(25-2)11-9-14;/h8-11,13,16,20H,3-7,12H2,1-2H3,(H,21,24);1H. The van der Waals surface area contributed by atoms with Crippen molar-refractivity contribution < 1.29 is 14.1 Å². The molecule has 1 fully saturated rings. The van der Waals surface area contributed by atoms with Crippen LogP contribution in [-0.2, 0) is 11.2 Å². The van der Waals surface area contributed by atoms with Gasteiger partial charge in [-0.3, -0.25) is 4.79 Å². The fraction of sp³-hybridized carbons (Fsp3) is 0.526. The van der Waals surface area contributed by atoms with Crippen LogP contribution in [0.15, 0.2) is 28.8 Å². The number of nitrogens with zero attached hydrogens (tertiary/aromatic N) is 2. The van der Waals surface area contributed by atoms with Crippen LogP contribution in [0.1, 0.15) is 38.5 Å². The number of aryl methyl sites for hydroxylation is 1. The van der Waals surface area contributed by atoms with Crippen molar-refractivity contribution in [1.82, 2.24) is 20.8 Å². The first kappa shape index (κ1) is 21.2. The van der Waals surface area contributed by atoms with Gasteiger partial charge in [0.25, 0.3) is 0 Å². The molecule has 8 heteroatoms. The van der Waals surface area contributed by atoms with Crippen molar-refractivity contribution in [1.29, 1.82) is 0 Å². The summed E-state index contributed by atoms with van der Waals surface area (Å²) in [5.41, 5.74) is 0.873. The van der Waals surface area contributed by atoms with Gasteiger partial charge in [0.1, 0.15) is 5.75 Å². The number of ether oxygens (including phenoxy) is 1. The van der Waals surface area contributed by atoms with E-state index in [0.29, 0.717) is 37.0 Å². The lowest BCUT2D eigenvalue weighted by Gasteiger charge is -2.30. The Kier molecular flexibility index (Phi) is 8.06. The number of carbonyl (C=O) groups is 1. The van der Waals surface area contributed by atoms with Crippen LogP contribution in [0.5, 0.6) is 5.75 Å². The van der Waals surface area contributed by atoms with Crippen molar-refractivity contribution in [2.24, 2.45) is 0 Å². The number of methoxy groups -OCH3 is 1. The highest BCUT2D eigenvalue weighted by molar-refractivity contribution is 5.85. The van der Waals surface area contributed by atoms with Crippen LogP contribution in [0.4, 0.5) is 0 Å². The van der Waals surface area contributed by atoms with Crippen molar-refractivity contribution in [2.45, 2.75) is 51.1 Å². The molecule has 0 radical (unpaired) electrons. The highest BCUT2D eigenvalue weighted by Gasteiger charge is 2.22. The van der Waals surface area contributed by atoms with E-state index in [2.05, 4.69) is 27.7 Å². The van der Waals surface area contributed by atoms with Gasteiger partial charge in [-0.1, -0.05) is 5.16 Å². The fourth-order valence-electron chi connectivity index (χ4n) is 3.13. The smallest absolute Gasteiger partial charge is 0.226 e. The summed E-state index contributed by atoms with van der Waals surface area (Å²) in [6.45, 7) is 3.14. The summed E-state index contributed by atoms with van der Waals surface area (Å²) >= 11 is 0. The third kappa shape index (κ3) is 5.94. The van der Waals surface area contributed by atoms with E-state index >= 15 is 0 Å². The molecule has 2 aromatic rings. The second-order valence-corrected chi connectivity index (χ2v) is 6.65. The Morgan fingerprint density at radius 1 is 1.37 bits per heavy atom. The molecule has 1 amide bonds. The lowest BCUT2D eigenvalue weighted by molar-refractivity contribution is -0.122. The third-order valence-electron chi connectivity index (χ3n) is 4.72. The molecule has 0 saturated carbocycles. The van der Waals surface area contributed by atoms with Crippen molar-refractivity contribution in [3.05, 3.63) is 30.2 Å². The number of nitrogens with one attached hydrogen (secondary N) is 2. The quantitative estimate of drug-likeness (QED) is 0.750. The number of halogens is 1. The molecule has 1 aromatic carbocycles. The number of benzene rings is 1. The summed E-state index contributed by atoms with van der Waals surface area (Å²) in [7, 11) is 1.63. The zero-order valence-electron chi connectivity index (χ0n) is 15.7. The molecule has 2 unspecified atom stereocenters. The van der Waals surface area contributed by atoms with E-state index in [4.69, 9.17) is 9.26 Å². The number of hydrogen-bond acceptors (Lipinski definition) is 6. The average Bonchev–Trinajstić information content (AvgIpc) is 3.12. The van der Waals surface area contributed by atoms with Gasteiger partial charge in [-0.05, 0) is 57.0 Å². The van der Waals surface area contributed by atoms with Crippen LogP contribution < -0.4 is 15.4 Å². The monoisotopic (exact) mass is 394 g/mol. The number of amides is 1. The van der Waals surface area contributed by atoms with Crippen LogP contribution in [0, 0.1) is 0 Å². The number of aromatic nitrogens is 2. The predicted molar refractivity (Wildman–Crippen MR) is 105 cm³/mol. The molecule has 2 heterocycles. The zero-order chi connectivity index (χ0) is 18.4. The largest absolute Gasteiger partial charge is 0.497 e. The van der Waals surface area contributed by atoms with E-state index in [1.54, 1.807) is 7.11 Å². The Labute approximate surface area is 165 Å². The van der Waals surface area contributed by atoms with Gasteiger partial charge < -0.3 is 19.9 Å². The molecule has 2 atom stereocenters. The Balaban J connectivity index is 0.00000261.